The normalized spacial score (nSPS) is 17.8. The van der Waals surface area contributed by atoms with Crippen LogP contribution in [-0.2, 0) is 5.54 Å². The predicted molar refractivity (Wildman–Crippen MR) is 71.7 cm³/mol. The fourth-order valence-electron chi connectivity index (χ4n) is 2.43. The maximum absolute atomic E-state index is 13.8. The highest BCUT2D eigenvalue weighted by Crippen LogP contribution is 2.35. The van der Waals surface area contributed by atoms with E-state index in [0.717, 1.165) is 30.2 Å². The largest absolute Gasteiger partial charge is 0.334 e. The van der Waals surface area contributed by atoms with E-state index in [-0.39, 0.29) is 11.5 Å². The molecule has 1 aliphatic carbocycles. The van der Waals surface area contributed by atoms with Gasteiger partial charge in [-0.05, 0) is 31.0 Å². The fourth-order valence-corrected chi connectivity index (χ4v) is 2.79. The minimum absolute atomic E-state index is 0.172. The Morgan fingerprint density at radius 1 is 1.32 bits per heavy atom. The lowest BCUT2D eigenvalue weighted by Crippen LogP contribution is -2.34. The average molecular weight is 326 g/mol. The molecule has 1 aromatic carbocycles. The Morgan fingerprint density at radius 2 is 2.05 bits per heavy atom. The summed E-state index contributed by atoms with van der Waals surface area (Å²) in [5.41, 5.74) is 6.01. The molecule has 1 fully saturated rings. The molecule has 0 saturated heterocycles. The molecule has 2 N–H and O–H groups in total. The van der Waals surface area contributed by atoms with Gasteiger partial charge in [0.15, 0.2) is 5.82 Å². The first-order valence-corrected chi connectivity index (χ1v) is 6.96. The van der Waals surface area contributed by atoms with Crippen molar-refractivity contribution in [3.8, 4) is 11.5 Å². The average Bonchev–Trinajstić information content (AvgIpc) is 3.02. The van der Waals surface area contributed by atoms with Gasteiger partial charge in [0.1, 0.15) is 5.82 Å². The monoisotopic (exact) mass is 325 g/mol. The van der Waals surface area contributed by atoms with E-state index in [4.69, 9.17) is 10.3 Å². The van der Waals surface area contributed by atoms with Gasteiger partial charge in [-0.15, -0.1) is 0 Å². The van der Waals surface area contributed by atoms with Gasteiger partial charge in [-0.25, -0.2) is 4.39 Å². The summed E-state index contributed by atoms with van der Waals surface area (Å²) in [4.78, 5) is 4.27. The smallest absolute Gasteiger partial charge is 0.261 e. The Balaban J connectivity index is 1.99. The molecule has 2 aromatic rings. The van der Waals surface area contributed by atoms with Gasteiger partial charge in [-0.1, -0.05) is 33.9 Å². The molecule has 0 amide bonds. The summed E-state index contributed by atoms with van der Waals surface area (Å²) < 4.78 is 19.7. The third-order valence-corrected chi connectivity index (χ3v) is 4.02. The van der Waals surface area contributed by atoms with Gasteiger partial charge in [0.2, 0.25) is 0 Å². The lowest BCUT2D eigenvalue weighted by atomic mass is 9.99. The van der Waals surface area contributed by atoms with E-state index in [1.165, 1.54) is 6.07 Å². The third-order valence-electron chi connectivity index (χ3n) is 3.53. The van der Waals surface area contributed by atoms with Crippen molar-refractivity contribution < 1.29 is 8.91 Å². The molecule has 0 radical (unpaired) electrons. The van der Waals surface area contributed by atoms with Crippen LogP contribution in [0.3, 0.4) is 0 Å². The van der Waals surface area contributed by atoms with Crippen LogP contribution >= 0.6 is 15.9 Å². The molecule has 0 aliphatic heterocycles. The van der Waals surface area contributed by atoms with Gasteiger partial charge in [0, 0.05) is 4.47 Å². The zero-order valence-corrected chi connectivity index (χ0v) is 11.8. The highest BCUT2D eigenvalue weighted by Gasteiger charge is 2.36. The lowest BCUT2D eigenvalue weighted by Gasteiger charge is -2.17. The topological polar surface area (TPSA) is 64.9 Å². The van der Waals surface area contributed by atoms with Gasteiger partial charge in [-0.3, -0.25) is 0 Å². The predicted octanol–water partition coefficient (Wildman–Crippen LogP) is 3.37. The quantitative estimate of drug-likeness (QED) is 0.919. The fraction of sp³-hybridized carbons (Fsp3) is 0.385. The summed E-state index contributed by atoms with van der Waals surface area (Å²) in [6.45, 7) is 0. The first-order chi connectivity index (χ1) is 9.08. The molecule has 0 unspecified atom stereocenters. The number of rotatable bonds is 2. The van der Waals surface area contributed by atoms with Crippen molar-refractivity contribution in [3.05, 3.63) is 34.3 Å². The molecular weight excluding hydrogens is 313 g/mol. The molecule has 19 heavy (non-hydrogen) atoms. The van der Waals surface area contributed by atoms with E-state index in [9.17, 15) is 4.39 Å². The van der Waals surface area contributed by atoms with Gasteiger partial charge in [-0.2, -0.15) is 4.98 Å². The summed E-state index contributed by atoms with van der Waals surface area (Å²) >= 11 is 3.30. The van der Waals surface area contributed by atoms with Crippen molar-refractivity contribution in [1.82, 2.24) is 10.1 Å². The second kappa shape index (κ2) is 4.68. The second-order valence-corrected chi connectivity index (χ2v) is 5.83. The summed E-state index contributed by atoms with van der Waals surface area (Å²) in [5.74, 6) is 0.251. The van der Waals surface area contributed by atoms with E-state index in [2.05, 4.69) is 26.1 Å². The van der Waals surface area contributed by atoms with Crippen molar-refractivity contribution in [2.24, 2.45) is 5.73 Å². The molecule has 1 aromatic heterocycles. The van der Waals surface area contributed by atoms with Gasteiger partial charge in [0.05, 0.1) is 11.1 Å². The standard InChI is InChI=1S/C13H13BrFN3O/c14-8-3-4-10(15)9(7-8)11-17-12(18-19-11)13(16)5-1-2-6-13/h3-4,7H,1-2,5-6,16H2. The van der Waals surface area contributed by atoms with Crippen LogP contribution in [-0.4, -0.2) is 10.1 Å². The zero-order valence-electron chi connectivity index (χ0n) is 10.2. The highest BCUT2D eigenvalue weighted by molar-refractivity contribution is 9.10. The SMILES string of the molecule is NC1(c2noc(-c3cc(Br)ccc3F)n2)CCCC1. The highest BCUT2D eigenvalue weighted by atomic mass is 79.9. The molecule has 6 heteroatoms. The van der Waals surface area contributed by atoms with Gasteiger partial charge >= 0.3 is 0 Å². The second-order valence-electron chi connectivity index (χ2n) is 4.91. The molecule has 4 nitrogen and oxygen atoms in total. The van der Waals surface area contributed by atoms with E-state index < -0.39 is 11.4 Å². The number of nitrogens with two attached hydrogens (primary N) is 1. The van der Waals surface area contributed by atoms with Crippen molar-refractivity contribution in [1.29, 1.82) is 0 Å². The number of halogens is 2. The number of hydrogen-bond acceptors (Lipinski definition) is 4. The van der Waals surface area contributed by atoms with Crippen molar-refractivity contribution in [3.63, 3.8) is 0 Å². The molecule has 1 saturated carbocycles. The Morgan fingerprint density at radius 3 is 2.79 bits per heavy atom. The number of benzene rings is 1. The molecule has 1 heterocycles. The van der Waals surface area contributed by atoms with Crippen LogP contribution in [0.5, 0.6) is 0 Å². The van der Waals surface area contributed by atoms with Crippen molar-refractivity contribution >= 4 is 15.9 Å². The minimum Gasteiger partial charge on any atom is -0.334 e. The van der Waals surface area contributed by atoms with E-state index in [1.54, 1.807) is 12.1 Å². The Kier molecular flexibility index (Phi) is 3.14. The minimum atomic E-state index is -0.524. The van der Waals surface area contributed by atoms with E-state index in [0.29, 0.717) is 5.82 Å². The summed E-state index contributed by atoms with van der Waals surface area (Å²) in [6.07, 6.45) is 3.80. The number of aromatic nitrogens is 2. The van der Waals surface area contributed by atoms with E-state index in [1.807, 2.05) is 0 Å². The maximum Gasteiger partial charge on any atom is 0.261 e. The Labute approximate surface area is 118 Å². The lowest BCUT2D eigenvalue weighted by molar-refractivity contribution is 0.372. The van der Waals surface area contributed by atoms with Gasteiger partial charge in [0.25, 0.3) is 5.89 Å². The first kappa shape index (κ1) is 12.7. The van der Waals surface area contributed by atoms with Crippen LogP contribution in [0.4, 0.5) is 4.39 Å². The van der Waals surface area contributed by atoms with Crippen LogP contribution in [0.25, 0.3) is 11.5 Å². The maximum atomic E-state index is 13.8. The molecule has 0 bridgehead atoms. The van der Waals surface area contributed by atoms with Crippen molar-refractivity contribution in [2.75, 3.05) is 0 Å². The van der Waals surface area contributed by atoms with E-state index >= 15 is 0 Å². The molecule has 0 atom stereocenters. The zero-order chi connectivity index (χ0) is 13.5. The molecule has 0 spiro atoms. The van der Waals surface area contributed by atoms with Crippen molar-refractivity contribution in [2.45, 2.75) is 31.2 Å². The molecular formula is C13H13BrFN3O. The molecule has 3 rings (SSSR count). The first-order valence-electron chi connectivity index (χ1n) is 6.17. The van der Waals surface area contributed by atoms with Crippen LogP contribution in [0, 0.1) is 5.82 Å². The van der Waals surface area contributed by atoms with Crippen LogP contribution in [0.2, 0.25) is 0 Å². The Bertz CT molecular complexity index is 608. The number of hydrogen-bond donors (Lipinski definition) is 1. The Hall–Kier alpha value is -1.27. The van der Waals surface area contributed by atoms with Gasteiger partial charge < -0.3 is 10.3 Å². The summed E-state index contributed by atoms with van der Waals surface area (Å²) in [5, 5.41) is 3.92. The molecule has 1 aliphatic rings. The van der Waals surface area contributed by atoms with Crippen LogP contribution < -0.4 is 5.73 Å². The number of nitrogens with zero attached hydrogens (tertiary/aromatic N) is 2. The van der Waals surface area contributed by atoms with Crippen LogP contribution in [0.15, 0.2) is 27.2 Å². The molecule has 100 valence electrons. The summed E-state index contributed by atoms with van der Waals surface area (Å²) in [7, 11) is 0. The summed E-state index contributed by atoms with van der Waals surface area (Å²) in [6, 6.07) is 4.60. The van der Waals surface area contributed by atoms with Crippen LogP contribution in [0.1, 0.15) is 31.5 Å². The third kappa shape index (κ3) is 2.30.